The molecule has 7 heteroatoms. The number of ketones is 2. The van der Waals surface area contributed by atoms with Crippen molar-refractivity contribution in [3.63, 3.8) is 0 Å². The summed E-state index contributed by atoms with van der Waals surface area (Å²) in [4.78, 5) is 27.2. The Morgan fingerprint density at radius 2 is 1.90 bits per heavy atom. The lowest BCUT2D eigenvalue weighted by atomic mass is 10.0. The van der Waals surface area contributed by atoms with Crippen LogP contribution in [-0.4, -0.2) is 32.0 Å². The summed E-state index contributed by atoms with van der Waals surface area (Å²) in [6.45, 7) is 8.85. The fourth-order valence-corrected chi connectivity index (χ4v) is 4.28. The van der Waals surface area contributed by atoms with Crippen molar-refractivity contribution in [2.45, 2.75) is 44.2 Å². The monoisotopic (exact) mass is 323 g/mol. The summed E-state index contributed by atoms with van der Waals surface area (Å²) in [6.07, 6.45) is 0. The zero-order chi connectivity index (χ0) is 15.7. The van der Waals surface area contributed by atoms with Crippen LogP contribution in [0, 0.1) is 20.8 Å². The summed E-state index contributed by atoms with van der Waals surface area (Å²) in [5, 5.41) is 8.56. The summed E-state index contributed by atoms with van der Waals surface area (Å²) in [6, 6.07) is 0. The number of carbonyl (C=O) groups excluding carboxylic acids is 2. The second-order valence-corrected chi connectivity index (χ2v) is 7.66. The van der Waals surface area contributed by atoms with Crippen molar-refractivity contribution in [3.8, 4) is 0 Å². The maximum atomic E-state index is 12.6. The SMILES string of the molecule is CC(=O)c1c(C)[nH]c(C(=O)[C@H](C)Sc2nnc(C)s2)c1C. The second-order valence-electron chi connectivity index (χ2n) is 4.89. The Morgan fingerprint density at radius 1 is 1.24 bits per heavy atom. The van der Waals surface area contributed by atoms with Gasteiger partial charge in [0.1, 0.15) is 5.01 Å². The molecule has 112 valence electrons. The van der Waals surface area contributed by atoms with Crippen molar-refractivity contribution >= 4 is 34.7 Å². The third kappa shape index (κ3) is 3.24. The number of hydrogen-bond donors (Lipinski definition) is 1. The van der Waals surface area contributed by atoms with E-state index in [-0.39, 0.29) is 16.8 Å². The van der Waals surface area contributed by atoms with E-state index in [2.05, 4.69) is 15.2 Å². The highest BCUT2D eigenvalue weighted by atomic mass is 32.2. The van der Waals surface area contributed by atoms with Gasteiger partial charge in [-0.2, -0.15) is 0 Å². The van der Waals surface area contributed by atoms with Gasteiger partial charge in [-0.25, -0.2) is 0 Å². The fraction of sp³-hybridized carbons (Fsp3) is 0.429. The van der Waals surface area contributed by atoms with E-state index in [1.165, 1.54) is 30.0 Å². The van der Waals surface area contributed by atoms with Crippen LogP contribution in [0.4, 0.5) is 0 Å². The molecule has 21 heavy (non-hydrogen) atoms. The number of aromatic amines is 1. The molecule has 0 radical (unpaired) electrons. The molecule has 0 spiro atoms. The van der Waals surface area contributed by atoms with E-state index in [9.17, 15) is 9.59 Å². The Hall–Kier alpha value is -1.47. The van der Waals surface area contributed by atoms with Crippen LogP contribution in [0.15, 0.2) is 4.34 Å². The molecule has 0 aliphatic rings. The minimum absolute atomic E-state index is 0.0269. The maximum Gasteiger partial charge on any atom is 0.192 e. The summed E-state index contributed by atoms with van der Waals surface area (Å²) in [5.74, 6) is -0.0543. The molecule has 2 heterocycles. The van der Waals surface area contributed by atoms with Gasteiger partial charge in [0.05, 0.1) is 10.9 Å². The van der Waals surface area contributed by atoms with Gasteiger partial charge in [-0.1, -0.05) is 23.1 Å². The predicted octanol–water partition coefficient (Wildman–Crippen LogP) is 3.36. The maximum absolute atomic E-state index is 12.6. The third-order valence-electron chi connectivity index (χ3n) is 3.19. The highest BCUT2D eigenvalue weighted by Crippen LogP contribution is 2.29. The molecule has 2 rings (SSSR count). The zero-order valence-electron chi connectivity index (χ0n) is 12.6. The zero-order valence-corrected chi connectivity index (χ0v) is 14.2. The van der Waals surface area contributed by atoms with Crippen LogP contribution in [0.2, 0.25) is 0 Å². The van der Waals surface area contributed by atoms with Crippen LogP contribution in [-0.2, 0) is 0 Å². The fourth-order valence-electron chi connectivity index (χ4n) is 2.26. The summed E-state index contributed by atoms with van der Waals surface area (Å²) < 4.78 is 0.779. The van der Waals surface area contributed by atoms with E-state index < -0.39 is 0 Å². The lowest BCUT2D eigenvalue weighted by Crippen LogP contribution is -2.15. The molecule has 2 aromatic heterocycles. The summed E-state index contributed by atoms with van der Waals surface area (Å²) in [5.41, 5.74) is 2.60. The first kappa shape index (κ1) is 15.9. The van der Waals surface area contributed by atoms with Gasteiger partial charge in [0.15, 0.2) is 15.9 Å². The van der Waals surface area contributed by atoms with Crippen molar-refractivity contribution in [1.29, 1.82) is 0 Å². The number of aromatic nitrogens is 3. The molecule has 0 saturated carbocycles. The van der Waals surface area contributed by atoms with Gasteiger partial charge in [0, 0.05) is 11.3 Å². The standard InChI is InChI=1S/C14H17N3O2S2/c1-6-11(8(3)18)7(2)15-12(6)13(19)9(4)20-14-17-16-10(5)21-14/h9,15H,1-5H3/t9-/m0/s1. The van der Waals surface area contributed by atoms with E-state index in [1.807, 2.05) is 20.8 Å². The smallest absolute Gasteiger partial charge is 0.192 e. The van der Waals surface area contributed by atoms with Gasteiger partial charge < -0.3 is 4.98 Å². The molecule has 0 amide bonds. The van der Waals surface area contributed by atoms with Gasteiger partial charge in [-0.05, 0) is 40.2 Å². The quantitative estimate of drug-likeness (QED) is 0.674. The first-order valence-electron chi connectivity index (χ1n) is 6.52. The van der Waals surface area contributed by atoms with Crippen LogP contribution in [0.1, 0.15) is 51.0 Å². The Balaban J connectivity index is 2.23. The molecule has 0 saturated heterocycles. The number of nitrogens with one attached hydrogen (secondary N) is 1. The molecule has 5 nitrogen and oxygen atoms in total. The average molecular weight is 323 g/mol. The minimum Gasteiger partial charge on any atom is -0.355 e. The molecule has 2 aromatic rings. The Morgan fingerprint density at radius 3 is 2.38 bits per heavy atom. The summed E-state index contributed by atoms with van der Waals surface area (Å²) in [7, 11) is 0. The number of aryl methyl sites for hydroxylation is 2. The van der Waals surface area contributed by atoms with E-state index in [0.29, 0.717) is 11.3 Å². The van der Waals surface area contributed by atoms with Gasteiger partial charge in [-0.3, -0.25) is 9.59 Å². The second kappa shape index (κ2) is 6.11. The third-order valence-corrected chi connectivity index (χ3v) is 5.21. The van der Waals surface area contributed by atoms with Crippen LogP contribution < -0.4 is 0 Å². The Kier molecular flexibility index (Phi) is 4.63. The first-order valence-corrected chi connectivity index (χ1v) is 8.22. The molecule has 0 fully saturated rings. The van der Waals surface area contributed by atoms with Gasteiger partial charge >= 0.3 is 0 Å². The molecule has 1 N–H and O–H groups in total. The normalized spacial score (nSPS) is 12.4. The number of thioether (sulfide) groups is 1. The molecule has 1 atom stereocenters. The molecule has 0 aliphatic heterocycles. The van der Waals surface area contributed by atoms with Crippen molar-refractivity contribution in [1.82, 2.24) is 15.2 Å². The number of nitrogens with zero attached hydrogens (tertiary/aromatic N) is 2. The van der Waals surface area contributed by atoms with Crippen molar-refractivity contribution in [2.24, 2.45) is 0 Å². The van der Waals surface area contributed by atoms with Crippen LogP contribution in [0.3, 0.4) is 0 Å². The first-order chi connectivity index (χ1) is 9.81. The van der Waals surface area contributed by atoms with E-state index in [4.69, 9.17) is 0 Å². The summed E-state index contributed by atoms with van der Waals surface area (Å²) >= 11 is 2.86. The van der Waals surface area contributed by atoms with Crippen molar-refractivity contribution in [2.75, 3.05) is 0 Å². The number of carbonyl (C=O) groups is 2. The minimum atomic E-state index is -0.283. The molecular weight excluding hydrogens is 306 g/mol. The van der Waals surface area contributed by atoms with Gasteiger partial charge in [0.2, 0.25) is 0 Å². The van der Waals surface area contributed by atoms with E-state index >= 15 is 0 Å². The molecule has 0 bridgehead atoms. The lowest BCUT2D eigenvalue weighted by molar-refractivity contribution is 0.0988. The van der Waals surface area contributed by atoms with Crippen molar-refractivity contribution < 1.29 is 9.59 Å². The molecular formula is C14H17N3O2S2. The number of H-pyrrole nitrogens is 1. The van der Waals surface area contributed by atoms with Gasteiger partial charge in [0.25, 0.3) is 0 Å². The van der Waals surface area contributed by atoms with Crippen molar-refractivity contribution in [3.05, 3.63) is 27.5 Å². The van der Waals surface area contributed by atoms with Crippen LogP contribution >= 0.6 is 23.1 Å². The largest absolute Gasteiger partial charge is 0.355 e. The predicted molar refractivity (Wildman–Crippen MR) is 84.6 cm³/mol. The topological polar surface area (TPSA) is 75.7 Å². The van der Waals surface area contributed by atoms with Crippen LogP contribution in [0.25, 0.3) is 0 Å². The lowest BCUT2D eigenvalue weighted by Gasteiger charge is -2.07. The highest BCUT2D eigenvalue weighted by molar-refractivity contribution is 8.02. The number of hydrogen-bond acceptors (Lipinski definition) is 6. The highest BCUT2D eigenvalue weighted by Gasteiger charge is 2.25. The van der Waals surface area contributed by atoms with Crippen LogP contribution in [0.5, 0.6) is 0 Å². The molecule has 0 unspecified atom stereocenters. The molecule has 0 aliphatic carbocycles. The van der Waals surface area contributed by atoms with E-state index in [1.54, 1.807) is 6.92 Å². The van der Waals surface area contributed by atoms with Gasteiger partial charge in [-0.15, -0.1) is 10.2 Å². The Bertz CT molecular complexity index is 703. The van der Waals surface area contributed by atoms with E-state index in [0.717, 1.165) is 20.6 Å². The Labute approximate surface area is 131 Å². The number of rotatable bonds is 5. The number of Topliss-reactive ketones (excluding diaryl/α,β-unsaturated/α-hetero) is 2. The molecule has 0 aromatic carbocycles. The average Bonchev–Trinajstić information content (AvgIpc) is 2.92.